The molecule has 1 unspecified atom stereocenters. The van der Waals surface area contributed by atoms with Crippen molar-refractivity contribution in [2.45, 2.75) is 84.2 Å². The summed E-state index contributed by atoms with van der Waals surface area (Å²) in [5.41, 5.74) is 1.09. The summed E-state index contributed by atoms with van der Waals surface area (Å²) in [5, 5.41) is 0. The highest BCUT2D eigenvalue weighted by Crippen LogP contribution is 2.68. The molecular formula is C24H34O3. The van der Waals surface area contributed by atoms with Crippen molar-refractivity contribution in [1.82, 2.24) is 0 Å². The second kappa shape index (κ2) is 6.32. The predicted octanol–water partition coefficient (Wildman–Crippen LogP) is 5.40. The van der Waals surface area contributed by atoms with Crippen LogP contribution in [0.5, 0.6) is 0 Å². The zero-order valence-electron chi connectivity index (χ0n) is 17.2. The van der Waals surface area contributed by atoms with Gasteiger partial charge in [-0.2, -0.15) is 0 Å². The van der Waals surface area contributed by atoms with Crippen LogP contribution in [0.1, 0.15) is 78.6 Å². The number of hydrogen-bond donors (Lipinski definition) is 0. The van der Waals surface area contributed by atoms with Gasteiger partial charge in [0.2, 0.25) is 0 Å². The van der Waals surface area contributed by atoms with Gasteiger partial charge in [0.05, 0.1) is 0 Å². The van der Waals surface area contributed by atoms with E-state index >= 15 is 0 Å². The van der Waals surface area contributed by atoms with E-state index in [-0.39, 0.29) is 16.8 Å². The molecule has 3 heteroatoms. The molecule has 27 heavy (non-hydrogen) atoms. The normalized spacial score (nSPS) is 46.0. The summed E-state index contributed by atoms with van der Waals surface area (Å²) >= 11 is 0. The van der Waals surface area contributed by atoms with Crippen LogP contribution in [0.3, 0.4) is 0 Å². The van der Waals surface area contributed by atoms with Crippen LogP contribution < -0.4 is 0 Å². The van der Waals surface area contributed by atoms with Gasteiger partial charge in [0, 0.05) is 18.3 Å². The molecule has 0 aromatic carbocycles. The number of ether oxygens (including phenoxy) is 1. The maximum atomic E-state index is 12.2. The van der Waals surface area contributed by atoms with Gasteiger partial charge in [-0.25, -0.2) is 0 Å². The van der Waals surface area contributed by atoms with Crippen molar-refractivity contribution in [3.05, 3.63) is 24.3 Å². The minimum atomic E-state index is -0.505. The molecule has 0 spiro atoms. The van der Waals surface area contributed by atoms with Crippen molar-refractivity contribution in [2.75, 3.05) is 0 Å². The van der Waals surface area contributed by atoms with E-state index in [0.29, 0.717) is 36.4 Å². The van der Waals surface area contributed by atoms with Gasteiger partial charge in [0.25, 0.3) is 0 Å². The molecule has 0 aromatic heterocycles. The number of carbonyl (C=O) groups excluding carboxylic acids is 2. The third kappa shape index (κ3) is 2.53. The lowest BCUT2D eigenvalue weighted by atomic mass is 9.46. The first-order valence-corrected chi connectivity index (χ1v) is 10.9. The lowest BCUT2D eigenvalue weighted by Crippen LogP contribution is -2.55. The Balaban J connectivity index is 1.66. The maximum absolute atomic E-state index is 12.2. The molecule has 0 aromatic rings. The summed E-state index contributed by atoms with van der Waals surface area (Å²) in [6, 6.07) is 0. The van der Waals surface area contributed by atoms with Crippen molar-refractivity contribution in [1.29, 1.82) is 0 Å². The number of fused-ring (bicyclic) bond motifs is 5. The topological polar surface area (TPSA) is 43.4 Å². The van der Waals surface area contributed by atoms with Crippen molar-refractivity contribution >= 4 is 11.8 Å². The van der Waals surface area contributed by atoms with Gasteiger partial charge >= 0.3 is 5.97 Å². The number of carbonyl (C=O) groups is 2. The summed E-state index contributed by atoms with van der Waals surface area (Å²) in [6.07, 6.45) is 12.6. The summed E-state index contributed by atoms with van der Waals surface area (Å²) in [7, 11) is 0. The van der Waals surface area contributed by atoms with Crippen LogP contribution in [-0.4, -0.2) is 17.4 Å². The van der Waals surface area contributed by atoms with Crippen LogP contribution in [0.15, 0.2) is 24.3 Å². The molecule has 0 saturated heterocycles. The standard InChI is InChI=1S/C24H34O3/c1-5-21(26)27-24(6-2)14-11-20-18-8-7-16-15-17(25)9-12-22(16,3)19(18)10-13-23(20,24)4/h6,15,18-20H,2,5,7-14H2,1,3-4H3/t18-,19-,20+,22+,23+,24?/m1/s1. The predicted molar refractivity (Wildman–Crippen MR) is 106 cm³/mol. The second-order valence-corrected chi connectivity index (χ2v) is 9.88. The van der Waals surface area contributed by atoms with Crippen LogP contribution in [0, 0.1) is 28.6 Å². The van der Waals surface area contributed by atoms with Gasteiger partial charge in [-0.05, 0) is 80.3 Å². The Bertz CT molecular complexity index is 706. The summed E-state index contributed by atoms with van der Waals surface area (Å²) in [6.45, 7) is 10.7. The third-order valence-electron chi connectivity index (χ3n) is 9.06. The van der Waals surface area contributed by atoms with Crippen LogP contribution in [0.2, 0.25) is 0 Å². The maximum Gasteiger partial charge on any atom is 0.306 e. The first kappa shape index (κ1) is 19.0. The fourth-order valence-electron chi connectivity index (χ4n) is 7.41. The quantitative estimate of drug-likeness (QED) is 0.494. The number of esters is 1. The lowest BCUT2D eigenvalue weighted by Gasteiger charge is -2.59. The average Bonchev–Trinajstić information content (AvgIpc) is 2.95. The smallest absolute Gasteiger partial charge is 0.306 e. The van der Waals surface area contributed by atoms with Crippen molar-refractivity contribution in [3.63, 3.8) is 0 Å². The summed E-state index contributed by atoms with van der Waals surface area (Å²) in [5.74, 6) is 2.12. The van der Waals surface area contributed by atoms with E-state index in [1.165, 1.54) is 18.4 Å². The molecule has 0 N–H and O–H groups in total. The van der Waals surface area contributed by atoms with Gasteiger partial charge in [-0.15, -0.1) is 0 Å². The van der Waals surface area contributed by atoms with Crippen LogP contribution in [0.4, 0.5) is 0 Å². The largest absolute Gasteiger partial charge is 0.454 e. The highest BCUT2D eigenvalue weighted by Gasteiger charge is 2.65. The Morgan fingerprint density at radius 3 is 2.63 bits per heavy atom. The van der Waals surface area contributed by atoms with E-state index in [2.05, 4.69) is 20.4 Å². The first-order valence-electron chi connectivity index (χ1n) is 10.9. The molecule has 3 saturated carbocycles. The molecule has 148 valence electrons. The van der Waals surface area contributed by atoms with Gasteiger partial charge in [0.15, 0.2) is 5.78 Å². The fraction of sp³-hybridized carbons (Fsp3) is 0.750. The Kier molecular flexibility index (Phi) is 4.44. The monoisotopic (exact) mass is 370 g/mol. The van der Waals surface area contributed by atoms with Crippen LogP contribution in [-0.2, 0) is 14.3 Å². The van der Waals surface area contributed by atoms with Crippen molar-refractivity contribution in [2.24, 2.45) is 28.6 Å². The number of hydrogen-bond acceptors (Lipinski definition) is 3. The zero-order valence-corrected chi connectivity index (χ0v) is 17.2. The third-order valence-corrected chi connectivity index (χ3v) is 9.06. The van der Waals surface area contributed by atoms with Gasteiger partial charge in [-0.1, -0.05) is 32.9 Å². The molecule has 6 atom stereocenters. The average molecular weight is 371 g/mol. The summed E-state index contributed by atoms with van der Waals surface area (Å²) in [4.78, 5) is 24.2. The molecular weight excluding hydrogens is 336 g/mol. The zero-order chi connectivity index (χ0) is 19.4. The van der Waals surface area contributed by atoms with Gasteiger partial charge < -0.3 is 4.74 Å². The lowest BCUT2D eigenvalue weighted by molar-refractivity contribution is -0.173. The molecule has 0 bridgehead atoms. The van der Waals surface area contributed by atoms with E-state index in [1.807, 2.05) is 19.1 Å². The first-order chi connectivity index (χ1) is 12.8. The Morgan fingerprint density at radius 2 is 1.93 bits per heavy atom. The number of rotatable bonds is 3. The highest BCUT2D eigenvalue weighted by molar-refractivity contribution is 5.91. The van der Waals surface area contributed by atoms with Crippen molar-refractivity contribution in [3.8, 4) is 0 Å². The van der Waals surface area contributed by atoms with Crippen LogP contribution in [0.25, 0.3) is 0 Å². The van der Waals surface area contributed by atoms with E-state index < -0.39 is 5.60 Å². The second-order valence-electron chi connectivity index (χ2n) is 9.88. The van der Waals surface area contributed by atoms with E-state index in [9.17, 15) is 9.59 Å². The van der Waals surface area contributed by atoms with Gasteiger partial charge in [0.1, 0.15) is 5.60 Å². The Labute approximate surface area is 163 Å². The minimum Gasteiger partial charge on any atom is -0.454 e. The summed E-state index contributed by atoms with van der Waals surface area (Å²) < 4.78 is 6.08. The molecule has 0 heterocycles. The van der Waals surface area contributed by atoms with E-state index in [0.717, 1.165) is 32.1 Å². The molecule has 4 rings (SSSR count). The molecule has 4 aliphatic rings. The SMILES string of the molecule is C=CC1(OC(=O)CC)CC[C@H]2[C@@H]3CCC4=CC(=O)CC[C@]4(C)[C@@H]3CC[C@@]21C. The molecule has 3 nitrogen and oxygen atoms in total. The molecule has 0 amide bonds. The number of ketones is 1. The highest BCUT2D eigenvalue weighted by atomic mass is 16.6. The van der Waals surface area contributed by atoms with E-state index in [1.54, 1.807) is 0 Å². The van der Waals surface area contributed by atoms with E-state index in [4.69, 9.17) is 4.74 Å². The molecule has 0 aliphatic heterocycles. The molecule has 3 fully saturated rings. The Hall–Kier alpha value is -1.38. The fourth-order valence-corrected chi connectivity index (χ4v) is 7.41. The van der Waals surface area contributed by atoms with Gasteiger partial charge in [-0.3, -0.25) is 9.59 Å². The number of allylic oxidation sites excluding steroid dienone is 1. The van der Waals surface area contributed by atoms with Crippen LogP contribution >= 0.6 is 0 Å². The molecule has 4 aliphatic carbocycles. The minimum absolute atomic E-state index is 0.0111. The van der Waals surface area contributed by atoms with Crippen molar-refractivity contribution < 1.29 is 14.3 Å². The molecule has 0 radical (unpaired) electrons. The Morgan fingerprint density at radius 1 is 1.19 bits per heavy atom.